The van der Waals surface area contributed by atoms with E-state index in [0.717, 1.165) is 36.2 Å². The van der Waals surface area contributed by atoms with Gasteiger partial charge in [-0.15, -0.1) is 0 Å². The Kier molecular flexibility index (Phi) is 2.66. The Hall–Kier alpha value is -1.69. The largest absolute Gasteiger partial charge is 0.391 e. The van der Waals surface area contributed by atoms with Crippen molar-refractivity contribution in [2.75, 3.05) is 19.0 Å². The minimum Gasteiger partial charge on any atom is -0.391 e. The van der Waals surface area contributed by atoms with Crippen molar-refractivity contribution >= 4 is 17.0 Å². The lowest BCUT2D eigenvalue weighted by atomic mass is 10.2. The van der Waals surface area contributed by atoms with Crippen LogP contribution >= 0.6 is 0 Å². The highest BCUT2D eigenvalue weighted by molar-refractivity contribution is 5.83. The van der Waals surface area contributed by atoms with E-state index in [-0.39, 0.29) is 12.1 Å². The molecule has 1 aliphatic rings. The molecule has 2 atom stereocenters. The number of aliphatic hydroxyl groups is 1. The summed E-state index contributed by atoms with van der Waals surface area (Å²) in [5.41, 5.74) is 1.60. The number of anilines is 1. The molecule has 0 amide bonds. The van der Waals surface area contributed by atoms with Crippen molar-refractivity contribution in [1.82, 2.24) is 19.5 Å². The third kappa shape index (κ3) is 1.64. The summed E-state index contributed by atoms with van der Waals surface area (Å²) >= 11 is 0. The van der Waals surface area contributed by atoms with Crippen LogP contribution in [0.4, 0.5) is 5.82 Å². The van der Waals surface area contributed by atoms with Crippen LogP contribution in [0.15, 0.2) is 12.7 Å². The molecular weight excluding hydrogens is 230 g/mol. The number of aromatic nitrogens is 4. The first-order valence-electron chi connectivity index (χ1n) is 6.21. The van der Waals surface area contributed by atoms with Crippen LogP contribution in [0, 0.1) is 0 Å². The maximum Gasteiger partial charge on any atom is 0.165 e. The Bertz CT molecular complexity index is 565. The van der Waals surface area contributed by atoms with Crippen molar-refractivity contribution in [2.24, 2.45) is 0 Å². The van der Waals surface area contributed by atoms with E-state index in [1.165, 1.54) is 0 Å². The minimum absolute atomic E-state index is 0.0971. The molecule has 2 heterocycles. The number of nitrogens with zero attached hydrogens (tertiary/aromatic N) is 5. The second-order valence-corrected chi connectivity index (χ2v) is 4.98. The Morgan fingerprint density at radius 3 is 2.78 bits per heavy atom. The van der Waals surface area contributed by atoms with E-state index in [1.54, 1.807) is 12.7 Å². The third-order valence-electron chi connectivity index (χ3n) is 3.56. The molecule has 18 heavy (non-hydrogen) atoms. The maximum atomic E-state index is 10.00. The van der Waals surface area contributed by atoms with Gasteiger partial charge in [-0.2, -0.15) is 0 Å². The molecule has 0 bridgehead atoms. The number of imidazole rings is 1. The standard InChI is InChI=1S/C12H17N5O/c1-16(2)11-10-12(14-6-13-11)17(7-15-10)8-4-3-5-9(8)18/h6-9,18H,3-5H2,1-2H3. The molecule has 0 aromatic carbocycles. The molecule has 1 N–H and O–H groups in total. The fraction of sp³-hybridized carbons (Fsp3) is 0.583. The van der Waals surface area contributed by atoms with E-state index in [2.05, 4.69) is 15.0 Å². The Morgan fingerprint density at radius 2 is 2.11 bits per heavy atom. The van der Waals surface area contributed by atoms with Gasteiger partial charge in [0.15, 0.2) is 17.0 Å². The normalized spacial score (nSPS) is 23.7. The lowest BCUT2D eigenvalue weighted by Crippen LogP contribution is -2.18. The summed E-state index contributed by atoms with van der Waals surface area (Å²) < 4.78 is 1.99. The Morgan fingerprint density at radius 1 is 1.28 bits per heavy atom. The third-order valence-corrected chi connectivity index (χ3v) is 3.56. The summed E-state index contributed by atoms with van der Waals surface area (Å²) in [6, 6.07) is 0.0971. The van der Waals surface area contributed by atoms with Gasteiger partial charge in [-0.05, 0) is 19.3 Å². The van der Waals surface area contributed by atoms with Gasteiger partial charge in [-0.3, -0.25) is 0 Å². The second kappa shape index (κ2) is 4.20. The van der Waals surface area contributed by atoms with E-state index in [0.29, 0.717) is 0 Å². The highest BCUT2D eigenvalue weighted by atomic mass is 16.3. The average molecular weight is 247 g/mol. The van der Waals surface area contributed by atoms with E-state index < -0.39 is 0 Å². The van der Waals surface area contributed by atoms with Gasteiger partial charge < -0.3 is 14.6 Å². The summed E-state index contributed by atoms with van der Waals surface area (Å²) in [6.45, 7) is 0. The molecule has 2 aromatic heterocycles. The van der Waals surface area contributed by atoms with Gasteiger partial charge in [0.2, 0.25) is 0 Å². The summed E-state index contributed by atoms with van der Waals surface area (Å²) in [4.78, 5) is 14.9. The van der Waals surface area contributed by atoms with Gasteiger partial charge in [0.25, 0.3) is 0 Å². The van der Waals surface area contributed by atoms with Gasteiger partial charge in [0.1, 0.15) is 6.33 Å². The van der Waals surface area contributed by atoms with Crippen molar-refractivity contribution < 1.29 is 5.11 Å². The van der Waals surface area contributed by atoms with Crippen LogP contribution in [-0.2, 0) is 0 Å². The van der Waals surface area contributed by atoms with Gasteiger partial charge in [0.05, 0.1) is 18.5 Å². The molecule has 1 aliphatic carbocycles. The summed E-state index contributed by atoms with van der Waals surface area (Å²) in [5.74, 6) is 0.811. The van der Waals surface area contributed by atoms with Crippen LogP contribution in [0.25, 0.3) is 11.2 Å². The molecule has 1 saturated carbocycles. The first-order chi connectivity index (χ1) is 8.68. The SMILES string of the molecule is CN(C)c1ncnc2c1ncn2C1CCCC1O. The average Bonchev–Trinajstić information content (AvgIpc) is 2.93. The van der Waals surface area contributed by atoms with Crippen LogP contribution in [0.3, 0.4) is 0 Å². The Labute approximate surface area is 105 Å². The summed E-state index contributed by atoms with van der Waals surface area (Å²) in [5, 5.41) is 10.00. The van der Waals surface area contributed by atoms with Crippen molar-refractivity contribution in [1.29, 1.82) is 0 Å². The first-order valence-corrected chi connectivity index (χ1v) is 6.21. The number of aliphatic hydroxyl groups excluding tert-OH is 1. The quantitative estimate of drug-likeness (QED) is 0.856. The number of rotatable bonds is 2. The zero-order chi connectivity index (χ0) is 12.7. The van der Waals surface area contributed by atoms with Crippen molar-refractivity contribution in [2.45, 2.75) is 31.4 Å². The lowest BCUT2D eigenvalue weighted by Gasteiger charge is -2.17. The molecule has 96 valence electrons. The minimum atomic E-state index is -0.292. The fourth-order valence-corrected chi connectivity index (χ4v) is 2.65. The smallest absolute Gasteiger partial charge is 0.165 e. The zero-order valence-corrected chi connectivity index (χ0v) is 10.6. The molecule has 3 rings (SSSR count). The predicted molar refractivity (Wildman–Crippen MR) is 68.5 cm³/mol. The lowest BCUT2D eigenvalue weighted by molar-refractivity contribution is 0.138. The monoisotopic (exact) mass is 247 g/mol. The van der Waals surface area contributed by atoms with Crippen LogP contribution in [0.2, 0.25) is 0 Å². The predicted octanol–water partition coefficient (Wildman–Crippen LogP) is 0.978. The van der Waals surface area contributed by atoms with E-state index in [4.69, 9.17) is 0 Å². The molecule has 2 unspecified atom stereocenters. The molecule has 0 saturated heterocycles. The highest BCUT2D eigenvalue weighted by Crippen LogP contribution is 2.32. The fourth-order valence-electron chi connectivity index (χ4n) is 2.65. The maximum absolute atomic E-state index is 10.00. The molecule has 6 heteroatoms. The highest BCUT2D eigenvalue weighted by Gasteiger charge is 2.28. The van der Waals surface area contributed by atoms with Gasteiger partial charge >= 0.3 is 0 Å². The van der Waals surface area contributed by atoms with Crippen LogP contribution in [0.1, 0.15) is 25.3 Å². The molecule has 6 nitrogen and oxygen atoms in total. The van der Waals surface area contributed by atoms with E-state index in [9.17, 15) is 5.11 Å². The van der Waals surface area contributed by atoms with Gasteiger partial charge in [-0.1, -0.05) is 0 Å². The molecular formula is C12H17N5O. The molecule has 1 fully saturated rings. The number of fused-ring (bicyclic) bond motifs is 1. The molecule has 0 aliphatic heterocycles. The van der Waals surface area contributed by atoms with Gasteiger partial charge in [0, 0.05) is 14.1 Å². The van der Waals surface area contributed by atoms with Crippen molar-refractivity contribution in [3.63, 3.8) is 0 Å². The zero-order valence-electron chi connectivity index (χ0n) is 10.6. The molecule has 0 spiro atoms. The topological polar surface area (TPSA) is 67.1 Å². The van der Waals surface area contributed by atoms with E-state index >= 15 is 0 Å². The summed E-state index contributed by atoms with van der Waals surface area (Å²) in [6.07, 6.45) is 5.92. The number of hydrogen-bond acceptors (Lipinski definition) is 5. The molecule has 2 aromatic rings. The molecule has 0 radical (unpaired) electrons. The van der Waals surface area contributed by atoms with Gasteiger partial charge in [-0.25, -0.2) is 15.0 Å². The van der Waals surface area contributed by atoms with Crippen LogP contribution < -0.4 is 4.90 Å². The second-order valence-electron chi connectivity index (χ2n) is 4.98. The first kappa shape index (κ1) is 11.4. The van der Waals surface area contributed by atoms with Crippen LogP contribution in [-0.4, -0.2) is 44.8 Å². The van der Waals surface area contributed by atoms with Crippen molar-refractivity contribution in [3.05, 3.63) is 12.7 Å². The Balaban J connectivity index is 2.12. The summed E-state index contributed by atoms with van der Waals surface area (Å²) in [7, 11) is 3.87. The van der Waals surface area contributed by atoms with Crippen LogP contribution in [0.5, 0.6) is 0 Å². The number of hydrogen-bond donors (Lipinski definition) is 1. The van der Waals surface area contributed by atoms with Crippen molar-refractivity contribution in [3.8, 4) is 0 Å². The van der Waals surface area contributed by atoms with E-state index in [1.807, 2.05) is 23.6 Å².